The lowest BCUT2D eigenvalue weighted by atomic mass is 10.2. The first-order valence-corrected chi connectivity index (χ1v) is 7.41. The highest BCUT2D eigenvalue weighted by molar-refractivity contribution is 7.90. The first kappa shape index (κ1) is 12.6. The van der Waals surface area contributed by atoms with Gasteiger partial charge in [0, 0.05) is 23.8 Å². The van der Waals surface area contributed by atoms with Gasteiger partial charge in [-0.3, -0.25) is 9.89 Å². The number of benzene rings is 1. The van der Waals surface area contributed by atoms with E-state index >= 15 is 0 Å². The van der Waals surface area contributed by atoms with Crippen LogP contribution in [0, 0.1) is 0 Å². The van der Waals surface area contributed by atoms with E-state index < -0.39 is 9.84 Å². The van der Waals surface area contributed by atoms with Crippen molar-refractivity contribution in [1.82, 2.24) is 10.2 Å². The minimum atomic E-state index is -3.11. The Morgan fingerprint density at radius 2 is 2.22 bits per heavy atom. The molecule has 0 bridgehead atoms. The summed E-state index contributed by atoms with van der Waals surface area (Å²) < 4.78 is 21.9. The van der Waals surface area contributed by atoms with E-state index in [1.807, 2.05) is 6.07 Å². The molecule has 0 aliphatic carbocycles. The number of H-pyrrole nitrogens is 1. The highest BCUT2D eigenvalue weighted by Crippen LogP contribution is 2.16. The molecule has 0 fully saturated rings. The predicted octanol–water partition coefficient (Wildman–Crippen LogP) is 0.936. The summed E-state index contributed by atoms with van der Waals surface area (Å²) in [5, 5.41) is 10.3. The maximum Gasteiger partial charge on any atom is 0.225 e. The van der Waals surface area contributed by atoms with Gasteiger partial charge in [0.15, 0.2) is 0 Å². The number of carbonyl (C=O) groups excluding carboxylic acids is 1. The monoisotopic (exact) mass is 267 g/mol. The molecule has 1 amide bonds. The summed E-state index contributed by atoms with van der Waals surface area (Å²) in [5.74, 6) is -0.468. The molecule has 0 saturated carbocycles. The lowest BCUT2D eigenvalue weighted by Crippen LogP contribution is -2.16. The van der Waals surface area contributed by atoms with Crippen molar-refractivity contribution in [3.63, 3.8) is 0 Å². The maximum absolute atomic E-state index is 11.5. The Morgan fingerprint density at radius 3 is 2.94 bits per heavy atom. The van der Waals surface area contributed by atoms with Crippen molar-refractivity contribution < 1.29 is 13.2 Å². The van der Waals surface area contributed by atoms with E-state index in [1.165, 1.54) is 0 Å². The third-order valence-corrected chi connectivity index (χ3v) is 3.37. The van der Waals surface area contributed by atoms with Gasteiger partial charge in [-0.2, -0.15) is 5.10 Å². The molecule has 2 N–H and O–H groups in total. The third-order valence-electron chi connectivity index (χ3n) is 2.43. The van der Waals surface area contributed by atoms with Gasteiger partial charge in [0.1, 0.15) is 9.84 Å². The van der Waals surface area contributed by atoms with Gasteiger partial charge >= 0.3 is 0 Å². The maximum atomic E-state index is 11.5. The van der Waals surface area contributed by atoms with Gasteiger partial charge in [0.05, 0.1) is 17.5 Å². The molecule has 0 aliphatic heterocycles. The molecule has 0 unspecified atom stereocenters. The van der Waals surface area contributed by atoms with Crippen LogP contribution in [0.4, 0.5) is 5.69 Å². The van der Waals surface area contributed by atoms with Crippen LogP contribution in [0.5, 0.6) is 0 Å². The molecule has 18 heavy (non-hydrogen) atoms. The van der Waals surface area contributed by atoms with Crippen LogP contribution in [0.25, 0.3) is 10.9 Å². The fourth-order valence-corrected chi connectivity index (χ4v) is 2.07. The average Bonchev–Trinajstić information content (AvgIpc) is 2.72. The zero-order valence-corrected chi connectivity index (χ0v) is 10.6. The minimum absolute atomic E-state index is 0.0418. The smallest absolute Gasteiger partial charge is 0.225 e. The number of anilines is 1. The second kappa shape index (κ2) is 4.77. The fourth-order valence-electron chi connectivity index (χ4n) is 1.52. The molecule has 96 valence electrons. The highest BCUT2D eigenvalue weighted by Gasteiger charge is 2.08. The molecule has 1 aromatic heterocycles. The van der Waals surface area contributed by atoms with Crippen LogP contribution in [0.2, 0.25) is 0 Å². The van der Waals surface area contributed by atoms with Crippen molar-refractivity contribution in [3.05, 3.63) is 24.4 Å². The third kappa shape index (κ3) is 3.30. The van der Waals surface area contributed by atoms with Crippen LogP contribution in [0.3, 0.4) is 0 Å². The number of nitrogens with zero attached hydrogens (tertiary/aromatic N) is 1. The Morgan fingerprint density at radius 1 is 1.44 bits per heavy atom. The number of amides is 1. The van der Waals surface area contributed by atoms with E-state index in [0.717, 1.165) is 17.2 Å². The van der Waals surface area contributed by atoms with Gasteiger partial charge in [-0.1, -0.05) is 0 Å². The zero-order chi connectivity index (χ0) is 13.2. The standard InChI is InChI=1S/C11H13N3O3S/c1-18(16,17)5-4-11(15)13-9-3-2-8-7-12-14-10(8)6-9/h2-3,6-7H,4-5H2,1H3,(H,12,14)(H,13,15). The summed E-state index contributed by atoms with van der Waals surface area (Å²) in [6, 6.07) is 5.32. The van der Waals surface area contributed by atoms with E-state index in [1.54, 1.807) is 18.3 Å². The Bertz CT molecular complexity index is 676. The molecule has 0 radical (unpaired) electrons. The number of rotatable bonds is 4. The van der Waals surface area contributed by atoms with Gasteiger partial charge < -0.3 is 5.32 Å². The van der Waals surface area contributed by atoms with Crippen molar-refractivity contribution in [2.24, 2.45) is 0 Å². The number of nitrogens with one attached hydrogen (secondary N) is 2. The van der Waals surface area contributed by atoms with Crippen LogP contribution < -0.4 is 5.32 Å². The Balaban J connectivity index is 2.02. The van der Waals surface area contributed by atoms with Crippen LogP contribution >= 0.6 is 0 Å². The second-order valence-electron chi connectivity index (χ2n) is 4.10. The van der Waals surface area contributed by atoms with Crippen molar-refractivity contribution in [2.45, 2.75) is 6.42 Å². The van der Waals surface area contributed by atoms with Crippen molar-refractivity contribution >= 4 is 32.3 Å². The van der Waals surface area contributed by atoms with Gasteiger partial charge in [-0.25, -0.2) is 8.42 Å². The molecule has 0 spiro atoms. The van der Waals surface area contributed by atoms with Gasteiger partial charge in [0.25, 0.3) is 0 Å². The number of fused-ring (bicyclic) bond motifs is 1. The molecule has 0 saturated heterocycles. The molecule has 1 heterocycles. The second-order valence-corrected chi connectivity index (χ2v) is 6.36. The van der Waals surface area contributed by atoms with Crippen LogP contribution in [0.1, 0.15) is 6.42 Å². The summed E-state index contributed by atoms with van der Waals surface area (Å²) in [4.78, 5) is 11.5. The SMILES string of the molecule is CS(=O)(=O)CCC(=O)Nc1ccc2cn[nH]c2c1. The van der Waals surface area contributed by atoms with E-state index in [4.69, 9.17) is 0 Å². The molecule has 7 heteroatoms. The summed E-state index contributed by atoms with van der Waals surface area (Å²) >= 11 is 0. The normalized spacial score (nSPS) is 11.6. The van der Waals surface area contributed by atoms with E-state index in [0.29, 0.717) is 5.69 Å². The Hall–Kier alpha value is -1.89. The van der Waals surface area contributed by atoms with Crippen molar-refractivity contribution in [1.29, 1.82) is 0 Å². The van der Waals surface area contributed by atoms with E-state index in [2.05, 4.69) is 15.5 Å². The highest BCUT2D eigenvalue weighted by atomic mass is 32.2. The molecule has 1 aromatic carbocycles. The quantitative estimate of drug-likeness (QED) is 0.862. The molecular weight excluding hydrogens is 254 g/mol. The Labute approximate surface area is 104 Å². The molecule has 0 atom stereocenters. The predicted molar refractivity (Wildman–Crippen MR) is 69.1 cm³/mol. The summed E-state index contributed by atoms with van der Waals surface area (Å²) in [6.45, 7) is 0. The summed E-state index contributed by atoms with van der Waals surface area (Å²) in [5.41, 5.74) is 1.43. The average molecular weight is 267 g/mol. The van der Waals surface area contributed by atoms with Crippen molar-refractivity contribution in [3.8, 4) is 0 Å². The topological polar surface area (TPSA) is 91.9 Å². The van der Waals surface area contributed by atoms with E-state index in [-0.39, 0.29) is 18.1 Å². The molecule has 2 aromatic rings. The lowest BCUT2D eigenvalue weighted by molar-refractivity contribution is -0.115. The Kier molecular flexibility index (Phi) is 3.33. The zero-order valence-electron chi connectivity index (χ0n) is 9.80. The number of sulfone groups is 1. The molecule has 0 aliphatic rings. The number of aromatic amines is 1. The minimum Gasteiger partial charge on any atom is -0.326 e. The van der Waals surface area contributed by atoms with Gasteiger partial charge in [-0.05, 0) is 18.2 Å². The first-order chi connectivity index (χ1) is 8.44. The lowest BCUT2D eigenvalue weighted by Gasteiger charge is -2.04. The molecular formula is C11H13N3O3S. The fraction of sp³-hybridized carbons (Fsp3) is 0.273. The van der Waals surface area contributed by atoms with Crippen LogP contribution in [-0.2, 0) is 14.6 Å². The largest absolute Gasteiger partial charge is 0.326 e. The number of hydrogen-bond donors (Lipinski definition) is 2. The number of hydrogen-bond acceptors (Lipinski definition) is 4. The van der Waals surface area contributed by atoms with Crippen LogP contribution in [-0.4, -0.2) is 36.5 Å². The molecule has 2 rings (SSSR count). The number of carbonyl (C=O) groups is 1. The van der Waals surface area contributed by atoms with E-state index in [9.17, 15) is 13.2 Å². The summed E-state index contributed by atoms with van der Waals surface area (Å²) in [6.07, 6.45) is 2.75. The van der Waals surface area contributed by atoms with Gasteiger partial charge in [0.2, 0.25) is 5.91 Å². The first-order valence-electron chi connectivity index (χ1n) is 5.35. The van der Waals surface area contributed by atoms with Crippen molar-refractivity contribution in [2.75, 3.05) is 17.3 Å². The summed E-state index contributed by atoms with van der Waals surface area (Å²) in [7, 11) is -3.11. The number of aromatic nitrogens is 2. The van der Waals surface area contributed by atoms with Gasteiger partial charge in [-0.15, -0.1) is 0 Å². The van der Waals surface area contributed by atoms with Crippen LogP contribution in [0.15, 0.2) is 24.4 Å². The molecule has 6 nitrogen and oxygen atoms in total.